The molecular weight excluding hydrogens is 440 g/mol. The highest BCUT2D eigenvalue weighted by atomic mass is 32.2. The number of hydrogen-bond acceptors (Lipinski definition) is 5. The van der Waals surface area contributed by atoms with Gasteiger partial charge in [-0.05, 0) is 37.0 Å². The molecule has 3 rings (SSSR count). The van der Waals surface area contributed by atoms with E-state index >= 15 is 0 Å². The molecule has 1 saturated carbocycles. The summed E-state index contributed by atoms with van der Waals surface area (Å²) in [5, 5.41) is 3.11. The van der Waals surface area contributed by atoms with Crippen molar-refractivity contribution in [2.45, 2.75) is 68.3 Å². The number of sulfonamides is 1. The van der Waals surface area contributed by atoms with Gasteiger partial charge in [-0.15, -0.1) is 0 Å². The van der Waals surface area contributed by atoms with Gasteiger partial charge in [-0.1, -0.05) is 62.4 Å². The Kier molecular flexibility index (Phi) is 9.14. The molecule has 8 heteroatoms. The summed E-state index contributed by atoms with van der Waals surface area (Å²) < 4.78 is 39.5. The van der Waals surface area contributed by atoms with Gasteiger partial charge >= 0.3 is 0 Å². The Labute approximate surface area is 196 Å². The van der Waals surface area contributed by atoms with E-state index < -0.39 is 16.1 Å². The predicted octanol–water partition coefficient (Wildman–Crippen LogP) is 3.82. The molecule has 0 spiro atoms. The van der Waals surface area contributed by atoms with Crippen LogP contribution in [-0.4, -0.2) is 40.6 Å². The summed E-state index contributed by atoms with van der Waals surface area (Å²) in [6.45, 7) is 0. The van der Waals surface area contributed by atoms with Gasteiger partial charge in [0.1, 0.15) is 6.04 Å². The van der Waals surface area contributed by atoms with Crippen LogP contribution in [-0.2, 0) is 21.2 Å². The quantitative estimate of drug-likeness (QED) is 0.576. The summed E-state index contributed by atoms with van der Waals surface area (Å²) in [7, 11) is -1.05. The van der Waals surface area contributed by atoms with Gasteiger partial charge in [0.15, 0.2) is 11.5 Å². The molecule has 0 unspecified atom stereocenters. The maximum Gasteiger partial charge on any atom is 0.241 e. The monoisotopic (exact) mass is 474 g/mol. The SMILES string of the molecule is COc1ccc(S(=O)(=O)N[C@H](Cc2ccccc2)C(=O)NC2CCCCCCC2)cc1OC. The molecule has 0 aliphatic heterocycles. The molecule has 1 aliphatic rings. The van der Waals surface area contributed by atoms with Crippen molar-refractivity contribution in [1.82, 2.24) is 10.0 Å². The van der Waals surface area contributed by atoms with Crippen molar-refractivity contribution in [3.8, 4) is 11.5 Å². The van der Waals surface area contributed by atoms with Crippen LogP contribution in [0, 0.1) is 0 Å². The highest BCUT2D eigenvalue weighted by Gasteiger charge is 2.28. The van der Waals surface area contributed by atoms with Crippen molar-refractivity contribution in [3.05, 3.63) is 54.1 Å². The molecule has 0 radical (unpaired) electrons. The van der Waals surface area contributed by atoms with E-state index in [2.05, 4.69) is 10.0 Å². The summed E-state index contributed by atoms with van der Waals surface area (Å²) in [4.78, 5) is 13.3. The third-order valence-corrected chi connectivity index (χ3v) is 7.48. The normalized spacial score (nSPS) is 16.3. The van der Waals surface area contributed by atoms with Crippen molar-refractivity contribution in [1.29, 1.82) is 0 Å². The Morgan fingerprint density at radius 1 is 0.939 bits per heavy atom. The number of amides is 1. The van der Waals surface area contributed by atoms with Crippen LogP contribution in [0.3, 0.4) is 0 Å². The van der Waals surface area contributed by atoms with Gasteiger partial charge in [0, 0.05) is 12.1 Å². The number of rotatable bonds is 9. The molecule has 0 aromatic heterocycles. The van der Waals surface area contributed by atoms with Crippen LogP contribution < -0.4 is 19.5 Å². The van der Waals surface area contributed by atoms with Gasteiger partial charge < -0.3 is 14.8 Å². The summed E-state index contributed by atoms with van der Waals surface area (Å²) >= 11 is 0. The Morgan fingerprint density at radius 3 is 2.21 bits per heavy atom. The van der Waals surface area contributed by atoms with Gasteiger partial charge in [0.25, 0.3) is 0 Å². The van der Waals surface area contributed by atoms with Crippen LogP contribution in [0.25, 0.3) is 0 Å². The largest absolute Gasteiger partial charge is 0.493 e. The minimum atomic E-state index is -3.98. The zero-order valence-electron chi connectivity index (χ0n) is 19.4. The molecule has 2 aromatic carbocycles. The first kappa shape index (κ1) is 25.1. The molecule has 2 N–H and O–H groups in total. The Hall–Kier alpha value is -2.58. The van der Waals surface area contributed by atoms with E-state index in [1.165, 1.54) is 51.7 Å². The standard InChI is InChI=1S/C25H34N2O5S/c1-31-23-16-15-21(18-24(23)32-2)33(29,30)27-22(17-19-11-7-6-8-12-19)25(28)26-20-13-9-4-3-5-10-14-20/h6-8,11-12,15-16,18,20,22,27H,3-5,9-10,13-14,17H2,1-2H3,(H,26,28)/t22-/m1/s1. The number of nitrogens with one attached hydrogen (secondary N) is 2. The number of benzene rings is 2. The van der Waals surface area contributed by atoms with Gasteiger partial charge in [0.05, 0.1) is 19.1 Å². The third kappa shape index (κ3) is 7.20. The molecular formula is C25H34N2O5S. The van der Waals surface area contributed by atoms with E-state index in [0.29, 0.717) is 11.5 Å². The molecule has 1 aliphatic carbocycles. The molecule has 7 nitrogen and oxygen atoms in total. The lowest BCUT2D eigenvalue weighted by atomic mass is 9.96. The Morgan fingerprint density at radius 2 is 1.58 bits per heavy atom. The maximum absolute atomic E-state index is 13.3. The average Bonchev–Trinajstić information content (AvgIpc) is 2.80. The number of methoxy groups -OCH3 is 2. The fraction of sp³-hybridized carbons (Fsp3) is 0.480. The fourth-order valence-corrected chi connectivity index (χ4v) is 5.39. The topological polar surface area (TPSA) is 93.7 Å². The second-order valence-electron chi connectivity index (χ2n) is 8.43. The lowest BCUT2D eigenvalue weighted by molar-refractivity contribution is -0.123. The first-order valence-corrected chi connectivity index (χ1v) is 13.0. The molecule has 1 amide bonds. The first-order valence-electron chi connectivity index (χ1n) is 11.5. The van der Waals surface area contributed by atoms with Gasteiger partial charge in [-0.2, -0.15) is 4.72 Å². The van der Waals surface area contributed by atoms with Crippen LogP contribution in [0.5, 0.6) is 11.5 Å². The van der Waals surface area contributed by atoms with Crippen LogP contribution >= 0.6 is 0 Å². The fourth-order valence-electron chi connectivity index (χ4n) is 4.18. The molecule has 0 heterocycles. The Bertz CT molecular complexity index is 1000. The van der Waals surface area contributed by atoms with Gasteiger partial charge in [-0.3, -0.25) is 4.79 Å². The van der Waals surface area contributed by atoms with Crippen LogP contribution in [0.2, 0.25) is 0 Å². The Balaban J connectivity index is 1.81. The number of carbonyl (C=O) groups is 1. The van der Waals surface area contributed by atoms with Gasteiger partial charge in [-0.25, -0.2) is 8.42 Å². The zero-order chi connectivity index (χ0) is 23.7. The van der Waals surface area contributed by atoms with Crippen molar-refractivity contribution in [2.75, 3.05) is 14.2 Å². The van der Waals surface area contributed by atoms with Crippen molar-refractivity contribution in [3.63, 3.8) is 0 Å². The second-order valence-corrected chi connectivity index (χ2v) is 10.1. The van der Waals surface area contributed by atoms with Crippen LogP contribution in [0.4, 0.5) is 0 Å². The number of carbonyl (C=O) groups excluding carboxylic acids is 1. The molecule has 0 bridgehead atoms. The molecule has 2 aromatic rings. The molecule has 1 fully saturated rings. The zero-order valence-corrected chi connectivity index (χ0v) is 20.2. The van der Waals surface area contributed by atoms with E-state index in [-0.39, 0.29) is 23.3 Å². The number of ether oxygens (including phenoxy) is 2. The van der Waals surface area contributed by atoms with E-state index in [9.17, 15) is 13.2 Å². The van der Waals surface area contributed by atoms with Crippen molar-refractivity contribution < 1.29 is 22.7 Å². The summed E-state index contributed by atoms with van der Waals surface area (Å²) in [5.41, 5.74) is 0.880. The summed E-state index contributed by atoms with van der Waals surface area (Å²) in [5.74, 6) is 0.437. The van der Waals surface area contributed by atoms with E-state index in [1.54, 1.807) is 0 Å². The minimum Gasteiger partial charge on any atom is -0.493 e. The van der Waals surface area contributed by atoms with E-state index in [1.807, 2.05) is 30.3 Å². The third-order valence-electron chi connectivity index (χ3n) is 6.01. The summed E-state index contributed by atoms with van der Waals surface area (Å²) in [6.07, 6.45) is 7.83. The highest BCUT2D eigenvalue weighted by molar-refractivity contribution is 7.89. The van der Waals surface area contributed by atoms with E-state index in [4.69, 9.17) is 9.47 Å². The number of hydrogen-bond donors (Lipinski definition) is 2. The molecule has 180 valence electrons. The van der Waals surface area contributed by atoms with Crippen molar-refractivity contribution >= 4 is 15.9 Å². The highest BCUT2D eigenvalue weighted by Crippen LogP contribution is 2.29. The lowest BCUT2D eigenvalue weighted by Gasteiger charge is -2.25. The molecule has 0 saturated heterocycles. The average molecular weight is 475 g/mol. The summed E-state index contributed by atoms with van der Waals surface area (Å²) in [6, 6.07) is 12.9. The molecule has 33 heavy (non-hydrogen) atoms. The first-order chi connectivity index (χ1) is 15.9. The van der Waals surface area contributed by atoms with Crippen LogP contribution in [0.1, 0.15) is 50.5 Å². The predicted molar refractivity (Wildman–Crippen MR) is 128 cm³/mol. The molecule has 1 atom stereocenters. The lowest BCUT2D eigenvalue weighted by Crippen LogP contribution is -2.50. The van der Waals surface area contributed by atoms with Crippen molar-refractivity contribution in [2.24, 2.45) is 0 Å². The van der Waals surface area contributed by atoms with Gasteiger partial charge in [0.2, 0.25) is 15.9 Å². The second kappa shape index (κ2) is 12.0. The smallest absolute Gasteiger partial charge is 0.241 e. The maximum atomic E-state index is 13.3. The van der Waals surface area contributed by atoms with E-state index in [0.717, 1.165) is 31.2 Å². The minimum absolute atomic E-state index is 0.0111. The van der Waals surface area contributed by atoms with Crippen LogP contribution in [0.15, 0.2) is 53.4 Å².